The predicted octanol–water partition coefficient (Wildman–Crippen LogP) is 2.89. The fraction of sp³-hybridized carbons (Fsp3) is 0.350. The monoisotopic (exact) mass is 456 g/mol. The highest BCUT2D eigenvalue weighted by molar-refractivity contribution is 7.92. The van der Waals surface area contributed by atoms with Crippen LogP contribution in [-0.2, 0) is 14.8 Å². The van der Waals surface area contributed by atoms with Crippen LogP contribution in [0, 0.1) is 5.82 Å². The summed E-state index contributed by atoms with van der Waals surface area (Å²) in [5, 5.41) is 9.33. The number of anilines is 1. The molecule has 2 N–H and O–H groups in total. The van der Waals surface area contributed by atoms with Crippen molar-refractivity contribution in [2.75, 3.05) is 31.5 Å². The zero-order chi connectivity index (χ0) is 21.9. The summed E-state index contributed by atoms with van der Waals surface area (Å²) in [6.45, 7) is 0.642. The van der Waals surface area contributed by atoms with Crippen LogP contribution in [0.2, 0.25) is 5.02 Å². The maximum Gasteiger partial charge on any atom is 0.261 e. The number of amides is 1. The van der Waals surface area contributed by atoms with Gasteiger partial charge < -0.3 is 14.7 Å². The topological polar surface area (TPSA) is 95.9 Å². The molecule has 1 aliphatic rings. The van der Waals surface area contributed by atoms with Gasteiger partial charge in [0, 0.05) is 24.9 Å². The second-order valence-corrected chi connectivity index (χ2v) is 9.22. The van der Waals surface area contributed by atoms with E-state index in [9.17, 15) is 22.7 Å². The van der Waals surface area contributed by atoms with E-state index >= 15 is 0 Å². The van der Waals surface area contributed by atoms with Crippen molar-refractivity contribution in [3.8, 4) is 0 Å². The molecular weight excluding hydrogens is 435 g/mol. The first-order valence-corrected chi connectivity index (χ1v) is 11.1. The molecule has 3 rings (SSSR count). The molecule has 2 aromatic rings. The van der Waals surface area contributed by atoms with Gasteiger partial charge in [-0.25, -0.2) is 12.8 Å². The van der Waals surface area contributed by atoms with Crippen LogP contribution in [0.3, 0.4) is 0 Å². The van der Waals surface area contributed by atoms with Gasteiger partial charge >= 0.3 is 0 Å². The van der Waals surface area contributed by atoms with Crippen LogP contribution >= 0.6 is 11.6 Å². The molecule has 0 spiro atoms. The fourth-order valence-electron chi connectivity index (χ4n) is 3.35. The Bertz CT molecular complexity index is 1030. The second-order valence-electron chi connectivity index (χ2n) is 7.13. The minimum absolute atomic E-state index is 0.178. The number of nitrogens with one attached hydrogen (secondary N) is 1. The lowest BCUT2D eigenvalue weighted by Crippen LogP contribution is -2.53. The first-order chi connectivity index (χ1) is 14.2. The minimum atomic E-state index is -3.97. The molecule has 162 valence electrons. The van der Waals surface area contributed by atoms with Crippen molar-refractivity contribution < 1.29 is 27.4 Å². The molecule has 1 unspecified atom stereocenters. The molecule has 0 aromatic heterocycles. The summed E-state index contributed by atoms with van der Waals surface area (Å²) >= 11 is 5.66. The molecule has 30 heavy (non-hydrogen) atoms. The zero-order valence-corrected chi connectivity index (χ0v) is 17.8. The largest absolute Gasteiger partial charge is 0.393 e. The Morgan fingerprint density at radius 2 is 2.00 bits per heavy atom. The number of carbonyl (C=O) groups excluding carboxylic acids is 1. The number of aliphatic hydroxyl groups is 1. The molecule has 10 heteroatoms. The summed E-state index contributed by atoms with van der Waals surface area (Å²) in [5.74, 6) is -0.945. The van der Waals surface area contributed by atoms with Crippen LogP contribution in [0.15, 0.2) is 47.4 Å². The van der Waals surface area contributed by atoms with Gasteiger partial charge in [-0.1, -0.05) is 11.6 Å². The molecule has 1 saturated heterocycles. The smallest absolute Gasteiger partial charge is 0.261 e. The van der Waals surface area contributed by atoms with E-state index in [4.69, 9.17) is 16.3 Å². The van der Waals surface area contributed by atoms with E-state index in [2.05, 4.69) is 4.72 Å². The van der Waals surface area contributed by atoms with E-state index < -0.39 is 21.4 Å². The molecular formula is C20H22ClFN2O5S. The first kappa shape index (κ1) is 22.5. The number of rotatable bonds is 6. The van der Waals surface area contributed by atoms with Crippen molar-refractivity contribution in [3.63, 3.8) is 0 Å². The Kier molecular flexibility index (Phi) is 6.66. The average Bonchev–Trinajstić information content (AvgIpc) is 2.75. The molecule has 2 aromatic carbocycles. The molecule has 1 heterocycles. The van der Waals surface area contributed by atoms with E-state index in [1.165, 1.54) is 31.4 Å². The van der Waals surface area contributed by atoms with Crippen molar-refractivity contribution in [2.24, 2.45) is 0 Å². The van der Waals surface area contributed by atoms with Crippen molar-refractivity contribution >= 4 is 33.2 Å². The third-order valence-electron chi connectivity index (χ3n) is 5.13. The molecule has 1 amide bonds. The van der Waals surface area contributed by atoms with E-state index in [1.807, 2.05) is 0 Å². The summed E-state index contributed by atoms with van der Waals surface area (Å²) in [7, 11) is -2.46. The van der Waals surface area contributed by atoms with Crippen molar-refractivity contribution in [1.82, 2.24) is 4.90 Å². The second kappa shape index (κ2) is 8.89. The number of methoxy groups -OCH3 is 1. The molecule has 7 nitrogen and oxygen atoms in total. The molecule has 0 aliphatic carbocycles. The fourth-order valence-corrected chi connectivity index (χ4v) is 4.68. The number of hydrogen-bond donors (Lipinski definition) is 2. The summed E-state index contributed by atoms with van der Waals surface area (Å²) in [4.78, 5) is 14.2. The lowest BCUT2D eigenvalue weighted by Gasteiger charge is -2.40. The number of carbonyl (C=O) groups is 1. The molecule has 1 fully saturated rings. The number of aliphatic hydroxyl groups excluding tert-OH is 1. The zero-order valence-electron chi connectivity index (χ0n) is 16.3. The van der Waals surface area contributed by atoms with Gasteiger partial charge in [0.1, 0.15) is 11.4 Å². The van der Waals surface area contributed by atoms with Crippen LogP contribution in [0.5, 0.6) is 0 Å². The molecule has 0 radical (unpaired) electrons. The standard InChI is InChI=1S/C20H22ClFN2O5S/c1-29-20(13-25)9-2-10-24(12-20)19(26)14-3-5-15(6-4-14)23-30(27,28)16-7-8-18(22)17(21)11-16/h3-8,11,23,25H,2,9-10,12-13H2,1H3. The van der Waals surface area contributed by atoms with Gasteiger partial charge in [0.15, 0.2) is 0 Å². The number of ether oxygens (including phenoxy) is 1. The Labute approximate surface area is 179 Å². The number of benzene rings is 2. The third-order valence-corrected chi connectivity index (χ3v) is 6.80. The van der Waals surface area contributed by atoms with Gasteiger partial charge in [0.2, 0.25) is 0 Å². The Morgan fingerprint density at radius 3 is 2.60 bits per heavy atom. The van der Waals surface area contributed by atoms with Crippen molar-refractivity contribution in [2.45, 2.75) is 23.3 Å². The van der Waals surface area contributed by atoms with Gasteiger partial charge in [0.25, 0.3) is 15.9 Å². The number of sulfonamides is 1. The summed E-state index contributed by atoms with van der Waals surface area (Å²) in [6.07, 6.45) is 1.37. The van der Waals surface area contributed by atoms with Crippen molar-refractivity contribution in [1.29, 1.82) is 0 Å². The quantitative estimate of drug-likeness (QED) is 0.696. The average molecular weight is 457 g/mol. The molecule has 1 aliphatic heterocycles. The van der Waals surface area contributed by atoms with Crippen molar-refractivity contribution in [3.05, 3.63) is 58.9 Å². The summed E-state index contributed by atoms with van der Waals surface area (Å²) < 4.78 is 46.0. The highest BCUT2D eigenvalue weighted by Gasteiger charge is 2.37. The highest BCUT2D eigenvalue weighted by atomic mass is 35.5. The highest BCUT2D eigenvalue weighted by Crippen LogP contribution is 2.26. The van der Waals surface area contributed by atoms with Gasteiger partial charge in [-0.2, -0.15) is 0 Å². The minimum Gasteiger partial charge on any atom is -0.393 e. The normalized spacial score (nSPS) is 19.5. The third kappa shape index (κ3) is 4.75. The lowest BCUT2D eigenvalue weighted by atomic mass is 9.93. The van der Waals surface area contributed by atoms with E-state index in [1.54, 1.807) is 4.90 Å². The predicted molar refractivity (Wildman–Crippen MR) is 111 cm³/mol. The molecule has 1 atom stereocenters. The van der Waals surface area contributed by atoms with E-state index in [0.29, 0.717) is 24.9 Å². The lowest BCUT2D eigenvalue weighted by molar-refractivity contribution is -0.0883. The van der Waals surface area contributed by atoms with Gasteiger partial charge in [0.05, 0.1) is 23.1 Å². The van der Waals surface area contributed by atoms with Crippen LogP contribution in [0.25, 0.3) is 0 Å². The van der Waals surface area contributed by atoms with Crippen LogP contribution < -0.4 is 4.72 Å². The Morgan fingerprint density at radius 1 is 1.30 bits per heavy atom. The number of piperidine rings is 1. The number of halogens is 2. The number of nitrogens with zero attached hydrogens (tertiary/aromatic N) is 1. The Hall–Kier alpha value is -2.20. The maximum atomic E-state index is 13.3. The van der Waals surface area contributed by atoms with Crippen LogP contribution in [0.4, 0.5) is 10.1 Å². The van der Waals surface area contributed by atoms with Crippen LogP contribution in [-0.4, -0.2) is 56.7 Å². The first-order valence-electron chi connectivity index (χ1n) is 9.23. The van der Waals surface area contributed by atoms with E-state index in [0.717, 1.165) is 18.2 Å². The Balaban J connectivity index is 1.73. The van der Waals surface area contributed by atoms with Gasteiger partial charge in [-0.15, -0.1) is 0 Å². The molecule has 0 bridgehead atoms. The molecule has 0 saturated carbocycles. The van der Waals surface area contributed by atoms with E-state index in [-0.39, 0.29) is 34.7 Å². The summed E-state index contributed by atoms with van der Waals surface area (Å²) in [6, 6.07) is 9.08. The van der Waals surface area contributed by atoms with Gasteiger partial charge in [-0.05, 0) is 55.3 Å². The van der Waals surface area contributed by atoms with Crippen LogP contribution in [0.1, 0.15) is 23.2 Å². The maximum absolute atomic E-state index is 13.3. The summed E-state index contributed by atoms with van der Waals surface area (Å²) in [5.41, 5.74) is -0.139. The van der Waals surface area contributed by atoms with Gasteiger partial charge in [-0.3, -0.25) is 9.52 Å². The number of hydrogen-bond acceptors (Lipinski definition) is 5. The number of likely N-dealkylation sites (tertiary alicyclic amines) is 1. The SMILES string of the molecule is COC1(CO)CCCN(C(=O)c2ccc(NS(=O)(=O)c3ccc(F)c(Cl)c3)cc2)C1.